The first-order chi connectivity index (χ1) is 9.47. The molecule has 20 heavy (non-hydrogen) atoms. The van der Waals surface area contributed by atoms with Gasteiger partial charge in [0.05, 0.1) is 6.10 Å². The number of hydrogen-bond donors (Lipinski definition) is 1. The van der Waals surface area contributed by atoms with Crippen molar-refractivity contribution in [2.45, 2.75) is 38.8 Å². The van der Waals surface area contributed by atoms with Crippen molar-refractivity contribution in [3.05, 3.63) is 34.9 Å². The maximum absolute atomic E-state index is 10.5. The van der Waals surface area contributed by atoms with Crippen LogP contribution in [-0.2, 0) is 0 Å². The lowest BCUT2D eigenvalue weighted by Crippen LogP contribution is -2.39. The highest BCUT2D eigenvalue weighted by molar-refractivity contribution is 5.32. The van der Waals surface area contributed by atoms with Crippen molar-refractivity contribution in [2.75, 3.05) is 33.7 Å². The molecule has 1 saturated heterocycles. The first kappa shape index (κ1) is 15.5. The van der Waals surface area contributed by atoms with Gasteiger partial charge >= 0.3 is 0 Å². The molecule has 0 bridgehead atoms. The SMILES string of the molecule is Cc1ccc(C(O)CN2CCCC2CN(C)C)c(C)c1. The fraction of sp³-hybridized carbons (Fsp3) is 0.647. The molecule has 0 radical (unpaired) electrons. The Hall–Kier alpha value is -0.900. The second-order valence-corrected chi connectivity index (χ2v) is 6.43. The van der Waals surface area contributed by atoms with Crippen molar-refractivity contribution >= 4 is 0 Å². The monoisotopic (exact) mass is 276 g/mol. The van der Waals surface area contributed by atoms with E-state index in [1.807, 2.05) is 0 Å². The number of aliphatic hydroxyl groups excluding tert-OH is 1. The molecule has 2 unspecified atom stereocenters. The number of hydrogen-bond acceptors (Lipinski definition) is 3. The normalized spacial score (nSPS) is 21.6. The molecule has 0 amide bonds. The second-order valence-electron chi connectivity index (χ2n) is 6.43. The zero-order valence-corrected chi connectivity index (χ0v) is 13.3. The van der Waals surface area contributed by atoms with E-state index in [1.54, 1.807) is 0 Å². The summed E-state index contributed by atoms with van der Waals surface area (Å²) >= 11 is 0. The lowest BCUT2D eigenvalue weighted by atomic mass is 10.0. The van der Waals surface area contributed by atoms with Crippen LogP contribution in [0.4, 0.5) is 0 Å². The van der Waals surface area contributed by atoms with Gasteiger partial charge in [-0.1, -0.05) is 23.8 Å². The Morgan fingerprint density at radius 3 is 2.75 bits per heavy atom. The van der Waals surface area contributed by atoms with E-state index in [-0.39, 0.29) is 6.10 Å². The number of nitrogens with zero attached hydrogens (tertiary/aromatic N) is 2. The van der Waals surface area contributed by atoms with E-state index in [0.29, 0.717) is 6.04 Å². The Morgan fingerprint density at radius 1 is 1.35 bits per heavy atom. The number of likely N-dealkylation sites (tertiary alicyclic amines) is 1. The van der Waals surface area contributed by atoms with E-state index in [4.69, 9.17) is 0 Å². The molecule has 2 rings (SSSR count). The summed E-state index contributed by atoms with van der Waals surface area (Å²) in [4.78, 5) is 4.69. The minimum atomic E-state index is -0.377. The molecule has 0 saturated carbocycles. The van der Waals surface area contributed by atoms with Gasteiger partial charge in [-0.3, -0.25) is 4.90 Å². The summed E-state index contributed by atoms with van der Waals surface area (Å²) in [6, 6.07) is 6.91. The Kier molecular flexibility index (Phi) is 5.19. The van der Waals surface area contributed by atoms with Crippen LogP contribution in [0.5, 0.6) is 0 Å². The Bertz CT molecular complexity index is 445. The number of rotatable bonds is 5. The summed E-state index contributed by atoms with van der Waals surface area (Å²) in [6.45, 7) is 7.13. The summed E-state index contributed by atoms with van der Waals surface area (Å²) in [5.41, 5.74) is 3.53. The molecule has 1 N–H and O–H groups in total. The second kappa shape index (κ2) is 6.70. The van der Waals surface area contributed by atoms with E-state index in [2.05, 4.69) is 55.9 Å². The van der Waals surface area contributed by atoms with Gasteiger partial charge < -0.3 is 10.0 Å². The fourth-order valence-electron chi connectivity index (χ4n) is 3.28. The minimum absolute atomic E-state index is 0.377. The molecular formula is C17H28N2O. The van der Waals surface area contributed by atoms with E-state index < -0.39 is 0 Å². The molecule has 0 aromatic heterocycles. The Balaban J connectivity index is 2.01. The van der Waals surface area contributed by atoms with Crippen molar-refractivity contribution < 1.29 is 5.11 Å². The molecule has 2 atom stereocenters. The molecular weight excluding hydrogens is 248 g/mol. The van der Waals surface area contributed by atoms with Gasteiger partial charge in [-0.25, -0.2) is 0 Å². The molecule has 1 fully saturated rings. The fourth-order valence-corrected chi connectivity index (χ4v) is 3.28. The van der Waals surface area contributed by atoms with Gasteiger partial charge in [0.15, 0.2) is 0 Å². The van der Waals surface area contributed by atoms with E-state index in [0.717, 1.165) is 25.2 Å². The average molecular weight is 276 g/mol. The van der Waals surface area contributed by atoms with Gasteiger partial charge in [0.2, 0.25) is 0 Å². The van der Waals surface area contributed by atoms with E-state index in [1.165, 1.54) is 24.0 Å². The molecule has 112 valence electrons. The summed E-state index contributed by atoms with van der Waals surface area (Å²) in [7, 11) is 4.24. The van der Waals surface area contributed by atoms with E-state index in [9.17, 15) is 5.11 Å². The largest absolute Gasteiger partial charge is 0.387 e. The number of aryl methyl sites for hydroxylation is 2. The zero-order chi connectivity index (χ0) is 14.7. The number of benzene rings is 1. The van der Waals surface area contributed by atoms with Gasteiger partial charge in [-0.15, -0.1) is 0 Å². The predicted octanol–water partition coefficient (Wildman–Crippen LogP) is 2.36. The molecule has 3 heteroatoms. The molecule has 1 heterocycles. The van der Waals surface area contributed by atoms with Crippen LogP contribution in [0, 0.1) is 13.8 Å². The first-order valence-corrected chi connectivity index (χ1v) is 7.61. The summed E-state index contributed by atoms with van der Waals surface area (Å²) in [6.07, 6.45) is 2.12. The van der Waals surface area contributed by atoms with Gasteiger partial charge in [0, 0.05) is 19.1 Å². The van der Waals surface area contributed by atoms with Crippen LogP contribution in [0.15, 0.2) is 18.2 Å². The van der Waals surface area contributed by atoms with Crippen LogP contribution in [0.25, 0.3) is 0 Å². The van der Waals surface area contributed by atoms with Gasteiger partial charge in [0.1, 0.15) is 0 Å². The molecule has 3 nitrogen and oxygen atoms in total. The van der Waals surface area contributed by atoms with Gasteiger partial charge in [0.25, 0.3) is 0 Å². The number of β-amino-alcohol motifs (C(OH)–C–C–N with tert-alkyl or cyclic N) is 1. The highest BCUT2D eigenvalue weighted by atomic mass is 16.3. The zero-order valence-electron chi connectivity index (χ0n) is 13.3. The number of aliphatic hydroxyl groups is 1. The third kappa shape index (κ3) is 3.81. The maximum Gasteiger partial charge on any atom is 0.0919 e. The lowest BCUT2D eigenvalue weighted by Gasteiger charge is -2.29. The topological polar surface area (TPSA) is 26.7 Å². The van der Waals surface area contributed by atoms with Crippen molar-refractivity contribution in [1.82, 2.24) is 9.80 Å². The highest BCUT2D eigenvalue weighted by Gasteiger charge is 2.27. The van der Waals surface area contributed by atoms with Crippen LogP contribution in [0.1, 0.15) is 35.6 Å². The minimum Gasteiger partial charge on any atom is -0.387 e. The van der Waals surface area contributed by atoms with Crippen molar-refractivity contribution in [2.24, 2.45) is 0 Å². The quantitative estimate of drug-likeness (QED) is 0.894. The first-order valence-electron chi connectivity index (χ1n) is 7.61. The molecule has 0 spiro atoms. The summed E-state index contributed by atoms with van der Waals surface area (Å²) in [5.74, 6) is 0. The average Bonchev–Trinajstić information content (AvgIpc) is 2.75. The van der Waals surface area contributed by atoms with Crippen molar-refractivity contribution in [1.29, 1.82) is 0 Å². The van der Waals surface area contributed by atoms with Crippen LogP contribution in [0.2, 0.25) is 0 Å². The molecule has 1 aliphatic rings. The third-order valence-corrected chi connectivity index (χ3v) is 4.27. The van der Waals surface area contributed by atoms with Crippen molar-refractivity contribution in [3.8, 4) is 0 Å². The number of likely N-dealkylation sites (N-methyl/N-ethyl adjacent to an activating group) is 1. The Morgan fingerprint density at radius 2 is 2.10 bits per heavy atom. The maximum atomic E-state index is 10.5. The standard InChI is InChI=1S/C17H28N2O/c1-13-7-8-16(14(2)10-13)17(20)12-19-9-5-6-15(19)11-18(3)4/h7-8,10,15,17,20H,5-6,9,11-12H2,1-4H3. The van der Waals surface area contributed by atoms with Crippen LogP contribution < -0.4 is 0 Å². The van der Waals surface area contributed by atoms with E-state index >= 15 is 0 Å². The van der Waals surface area contributed by atoms with Crippen LogP contribution in [0.3, 0.4) is 0 Å². The molecule has 0 aliphatic carbocycles. The molecule has 1 aromatic rings. The highest BCUT2D eigenvalue weighted by Crippen LogP contribution is 2.24. The summed E-state index contributed by atoms with van der Waals surface area (Å²) in [5, 5.41) is 10.5. The van der Waals surface area contributed by atoms with Crippen LogP contribution >= 0.6 is 0 Å². The Labute approximate surface area is 123 Å². The predicted molar refractivity (Wildman–Crippen MR) is 84.0 cm³/mol. The lowest BCUT2D eigenvalue weighted by molar-refractivity contribution is 0.0976. The van der Waals surface area contributed by atoms with Gasteiger partial charge in [-0.2, -0.15) is 0 Å². The third-order valence-electron chi connectivity index (χ3n) is 4.27. The van der Waals surface area contributed by atoms with Crippen molar-refractivity contribution in [3.63, 3.8) is 0 Å². The molecule has 1 aliphatic heterocycles. The molecule has 1 aromatic carbocycles. The smallest absolute Gasteiger partial charge is 0.0919 e. The van der Waals surface area contributed by atoms with Crippen LogP contribution in [-0.4, -0.2) is 54.7 Å². The van der Waals surface area contributed by atoms with Gasteiger partial charge in [-0.05, 0) is 58.5 Å². The summed E-state index contributed by atoms with van der Waals surface area (Å²) < 4.78 is 0.